The number of fused-ring (bicyclic) bond motifs is 1. The summed E-state index contributed by atoms with van der Waals surface area (Å²) in [4.78, 5) is 0. The molecule has 0 aliphatic carbocycles. The number of aromatic nitrogens is 2. The summed E-state index contributed by atoms with van der Waals surface area (Å²) in [6, 6.07) is 6.25. The topological polar surface area (TPSA) is 49.9 Å². The molecular weight excluding hydrogens is 214 g/mol. The van der Waals surface area contributed by atoms with Gasteiger partial charge in [-0.15, -0.1) is 5.10 Å². The lowest BCUT2D eigenvalue weighted by atomic mass is 10.1. The highest BCUT2D eigenvalue weighted by molar-refractivity contribution is 5.84. The van der Waals surface area contributed by atoms with Crippen LogP contribution < -0.4 is 10.1 Å². The van der Waals surface area contributed by atoms with Gasteiger partial charge in [-0.2, -0.15) is 0 Å². The first-order chi connectivity index (χ1) is 8.33. The predicted octanol–water partition coefficient (Wildman–Crippen LogP) is 2.00. The summed E-state index contributed by atoms with van der Waals surface area (Å²) in [6.45, 7) is 4.15. The molecule has 3 rings (SSSR count). The van der Waals surface area contributed by atoms with E-state index in [1.807, 2.05) is 6.07 Å². The van der Waals surface area contributed by atoms with E-state index in [2.05, 4.69) is 34.6 Å². The zero-order valence-corrected chi connectivity index (χ0v) is 9.99. The third kappa shape index (κ3) is 2.13. The van der Waals surface area contributed by atoms with Gasteiger partial charge in [0, 0.05) is 0 Å². The van der Waals surface area contributed by atoms with Gasteiger partial charge in [0.05, 0.1) is 10.9 Å². The maximum atomic E-state index is 5.98. The molecule has 90 valence electrons. The molecule has 1 aliphatic rings. The zero-order chi connectivity index (χ0) is 11.7. The molecule has 1 aromatic carbocycles. The quantitative estimate of drug-likeness (QED) is 0.831. The van der Waals surface area contributed by atoms with Crippen LogP contribution in [-0.2, 0) is 0 Å². The number of piperidine rings is 1. The van der Waals surface area contributed by atoms with Crippen LogP contribution in [0, 0.1) is 6.92 Å². The Hall–Kier alpha value is -1.55. The Bertz CT molecular complexity index is 514. The van der Waals surface area contributed by atoms with Crippen LogP contribution in [0.1, 0.15) is 18.4 Å². The number of hydrogen-bond acceptors (Lipinski definition) is 3. The third-order valence-corrected chi connectivity index (χ3v) is 3.25. The largest absolute Gasteiger partial charge is 0.473 e. The summed E-state index contributed by atoms with van der Waals surface area (Å²) in [7, 11) is 0. The first-order valence-electron chi connectivity index (χ1n) is 6.15. The molecule has 0 amide bonds. The van der Waals surface area contributed by atoms with Gasteiger partial charge in [0.15, 0.2) is 0 Å². The van der Waals surface area contributed by atoms with E-state index >= 15 is 0 Å². The van der Waals surface area contributed by atoms with Crippen LogP contribution >= 0.6 is 0 Å². The van der Waals surface area contributed by atoms with Crippen molar-refractivity contribution in [1.29, 1.82) is 0 Å². The van der Waals surface area contributed by atoms with Gasteiger partial charge in [-0.3, -0.25) is 5.10 Å². The van der Waals surface area contributed by atoms with Crippen molar-refractivity contribution < 1.29 is 4.74 Å². The smallest absolute Gasteiger partial charge is 0.240 e. The number of H-pyrrole nitrogens is 1. The van der Waals surface area contributed by atoms with Crippen LogP contribution in [0.3, 0.4) is 0 Å². The molecule has 4 nitrogen and oxygen atoms in total. The molecule has 0 atom stereocenters. The Kier molecular flexibility index (Phi) is 2.73. The average Bonchev–Trinajstić information content (AvgIpc) is 2.73. The standard InChI is InChI=1S/C13H17N3O/c1-9-2-3-12-11(8-9)13(16-15-12)17-10-4-6-14-7-5-10/h2-3,8,10,14H,4-7H2,1H3,(H,15,16). The van der Waals surface area contributed by atoms with Gasteiger partial charge in [-0.25, -0.2) is 0 Å². The van der Waals surface area contributed by atoms with Crippen LogP contribution in [-0.4, -0.2) is 29.4 Å². The molecule has 1 aromatic heterocycles. The molecule has 1 aliphatic heterocycles. The lowest BCUT2D eigenvalue weighted by molar-refractivity contribution is 0.158. The van der Waals surface area contributed by atoms with Gasteiger partial charge in [0.25, 0.3) is 0 Å². The van der Waals surface area contributed by atoms with Crippen LogP contribution in [0.5, 0.6) is 5.88 Å². The van der Waals surface area contributed by atoms with Gasteiger partial charge in [-0.1, -0.05) is 11.6 Å². The van der Waals surface area contributed by atoms with Crippen molar-refractivity contribution in [2.24, 2.45) is 0 Å². The fourth-order valence-electron chi connectivity index (χ4n) is 2.26. The summed E-state index contributed by atoms with van der Waals surface area (Å²) in [5, 5.41) is 11.7. The Labute approximate surface area is 100 Å². The Morgan fingerprint density at radius 3 is 2.94 bits per heavy atom. The van der Waals surface area contributed by atoms with Gasteiger partial charge in [0.2, 0.25) is 5.88 Å². The molecule has 0 saturated carbocycles. The molecule has 2 heterocycles. The first-order valence-corrected chi connectivity index (χ1v) is 6.15. The van der Waals surface area contributed by atoms with Gasteiger partial charge in [0.1, 0.15) is 6.10 Å². The van der Waals surface area contributed by atoms with E-state index < -0.39 is 0 Å². The Morgan fingerprint density at radius 1 is 1.29 bits per heavy atom. The van der Waals surface area contributed by atoms with Crippen LogP contribution in [0.2, 0.25) is 0 Å². The predicted molar refractivity (Wildman–Crippen MR) is 67.4 cm³/mol. The van der Waals surface area contributed by atoms with Crippen molar-refractivity contribution in [3.63, 3.8) is 0 Å². The fraction of sp³-hybridized carbons (Fsp3) is 0.462. The summed E-state index contributed by atoms with van der Waals surface area (Å²) >= 11 is 0. The number of rotatable bonds is 2. The van der Waals surface area contributed by atoms with Crippen molar-refractivity contribution >= 4 is 10.9 Å². The number of aryl methyl sites for hydroxylation is 1. The lowest BCUT2D eigenvalue weighted by Crippen LogP contribution is -2.34. The van der Waals surface area contributed by atoms with E-state index in [0.29, 0.717) is 6.10 Å². The third-order valence-electron chi connectivity index (χ3n) is 3.25. The molecule has 0 spiro atoms. The monoisotopic (exact) mass is 231 g/mol. The molecule has 1 saturated heterocycles. The van der Waals surface area contributed by atoms with Gasteiger partial charge in [-0.05, 0) is 45.0 Å². The number of ether oxygens (including phenoxy) is 1. The second-order valence-corrected chi connectivity index (χ2v) is 4.65. The lowest BCUT2D eigenvalue weighted by Gasteiger charge is -2.22. The number of nitrogens with one attached hydrogen (secondary N) is 2. The normalized spacial score (nSPS) is 17.5. The Balaban J connectivity index is 1.86. The van der Waals surface area contributed by atoms with Crippen LogP contribution in [0.25, 0.3) is 10.9 Å². The van der Waals surface area contributed by atoms with E-state index in [1.54, 1.807) is 0 Å². The molecule has 0 bridgehead atoms. The Morgan fingerprint density at radius 2 is 2.12 bits per heavy atom. The minimum absolute atomic E-state index is 0.295. The van der Waals surface area contributed by atoms with Gasteiger partial charge >= 0.3 is 0 Å². The van der Waals surface area contributed by atoms with E-state index in [0.717, 1.165) is 42.7 Å². The minimum Gasteiger partial charge on any atom is -0.473 e. The number of aromatic amines is 1. The van der Waals surface area contributed by atoms with E-state index in [-0.39, 0.29) is 0 Å². The molecule has 4 heteroatoms. The van der Waals surface area contributed by atoms with Crippen molar-refractivity contribution in [3.8, 4) is 5.88 Å². The molecular formula is C13H17N3O. The van der Waals surface area contributed by atoms with Crippen molar-refractivity contribution in [1.82, 2.24) is 15.5 Å². The van der Waals surface area contributed by atoms with Crippen molar-refractivity contribution in [2.75, 3.05) is 13.1 Å². The molecule has 2 N–H and O–H groups in total. The summed E-state index contributed by atoms with van der Waals surface area (Å²) in [5.41, 5.74) is 2.27. The van der Waals surface area contributed by atoms with Crippen LogP contribution in [0.15, 0.2) is 18.2 Å². The number of benzene rings is 1. The number of nitrogens with zero attached hydrogens (tertiary/aromatic N) is 1. The maximum Gasteiger partial charge on any atom is 0.240 e. The highest BCUT2D eigenvalue weighted by Crippen LogP contribution is 2.25. The number of hydrogen-bond donors (Lipinski definition) is 2. The summed E-state index contributed by atoms with van der Waals surface area (Å²) in [6.07, 6.45) is 2.41. The first kappa shape index (κ1) is 10.6. The second-order valence-electron chi connectivity index (χ2n) is 4.65. The minimum atomic E-state index is 0.295. The highest BCUT2D eigenvalue weighted by Gasteiger charge is 2.17. The van der Waals surface area contributed by atoms with Crippen LogP contribution in [0.4, 0.5) is 0 Å². The highest BCUT2D eigenvalue weighted by atomic mass is 16.5. The second kappa shape index (κ2) is 4.37. The molecule has 1 fully saturated rings. The van der Waals surface area contributed by atoms with Crippen molar-refractivity contribution in [2.45, 2.75) is 25.9 Å². The zero-order valence-electron chi connectivity index (χ0n) is 9.99. The van der Waals surface area contributed by atoms with E-state index in [4.69, 9.17) is 4.74 Å². The fourth-order valence-corrected chi connectivity index (χ4v) is 2.26. The molecule has 0 unspecified atom stereocenters. The average molecular weight is 231 g/mol. The summed E-state index contributed by atoms with van der Waals surface area (Å²) in [5.74, 6) is 0.746. The molecule has 0 radical (unpaired) electrons. The van der Waals surface area contributed by atoms with E-state index in [9.17, 15) is 0 Å². The molecule has 2 aromatic rings. The maximum absolute atomic E-state index is 5.98. The van der Waals surface area contributed by atoms with E-state index in [1.165, 1.54) is 5.56 Å². The van der Waals surface area contributed by atoms with Crippen molar-refractivity contribution in [3.05, 3.63) is 23.8 Å². The molecule has 17 heavy (non-hydrogen) atoms. The summed E-state index contributed by atoms with van der Waals surface area (Å²) < 4.78 is 5.98. The SMILES string of the molecule is Cc1ccc2[nH]nc(OC3CCNCC3)c2c1. The van der Waals surface area contributed by atoms with Gasteiger partial charge < -0.3 is 10.1 Å².